The number of carbonyl (C=O) groups excluding carboxylic acids is 2. The molecule has 29 heavy (non-hydrogen) atoms. The lowest BCUT2D eigenvalue weighted by Gasteiger charge is -2.41. The predicted molar refractivity (Wildman–Crippen MR) is 118 cm³/mol. The molecule has 164 valence electrons. The van der Waals surface area contributed by atoms with Crippen molar-refractivity contribution in [3.8, 4) is 5.75 Å². The number of halogens is 2. The van der Waals surface area contributed by atoms with Gasteiger partial charge in [-0.25, -0.2) is 0 Å². The molecule has 2 aliphatic rings. The molecule has 1 N–H and O–H groups in total. The molecular weight excluding hydrogens is 415 g/mol. The fourth-order valence-electron chi connectivity index (χ4n) is 3.68. The van der Waals surface area contributed by atoms with Crippen LogP contribution in [0.1, 0.15) is 23.2 Å². The molecule has 0 spiro atoms. The van der Waals surface area contributed by atoms with Gasteiger partial charge < -0.3 is 24.8 Å². The lowest BCUT2D eigenvalue weighted by Crippen LogP contribution is -2.57. The molecule has 0 radical (unpaired) electrons. The maximum absolute atomic E-state index is 13.1. The lowest BCUT2D eigenvalue weighted by molar-refractivity contribution is -0.135. The van der Waals surface area contributed by atoms with Gasteiger partial charge in [-0.15, -0.1) is 24.8 Å². The fraction of sp³-hybridized carbons (Fsp3) is 0.600. The topological polar surface area (TPSA) is 65.1 Å². The van der Waals surface area contributed by atoms with E-state index in [4.69, 9.17) is 4.74 Å². The molecule has 1 unspecified atom stereocenters. The standard InChI is InChI=1S/C20H30N4O3.2ClH/c1-22(2)12-13-27-18-8-4-3-7-17(18)20(26)23-10-5-6-16(15-23)24-11-9-21-14-19(24)25;;/h3-4,7-8,16,21H,5-6,9-15H2,1-2H3;2*1H. The Balaban J connectivity index is 0.00000210. The largest absolute Gasteiger partial charge is 0.491 e. The van der Waals surface area contributed by atoms with Crippen LogP contribution in [0.2, 0.25) is 0 Å². The summed E-state index contributed by atoms with van der Waals surface area (Å²) in [5.41, 5.74) is 0.601. The molecule has 9 heteroatoms. The maximum atomic E-state index is 13.1. The Bertz CT molecular complexity index is 675. The van der Waals surface area contributed by atoms with Gasteiger partial charge in [-0.2, -0.15) is 0 Å². The van der Waals surface area contributed by atoms with Crippen molar-refractivity contribution in [1.82, 2.24) is 20.0 Å². The van der Waals surface area contributed by atoms with E-state index in [1.165, 1.54) is 0 Å². The first-order chi connectivity index (χ1) is 13.1. The Labute approximate surface area is 185 Å². The maximum Gasteiger partial charge on any atom is 0.257 e. The number of hydrogen-bond acceptors (Lipinski definition) is 5. The van der Waals surface area contributed by atoms with Crippen LogP contribution in [0.15, 0.2) is 24.3 Å². The highest BCUT2D eigenvalue weighted by Crippen LogP contribution is 2.24. The number of ether oxygens (including phenoxy) is 1. The number of likely N-dealkylation sites (N-methyl/N-ethyl adjacent to an activating group) is 1. The van der Waals surface area contributed by atoms with Crippen LogP contribution in [0.3, 0.4) is 0 Å². The van der Waals surface area contributed by atoms with Gasteiger partial charge in [-0.1, -0.05) is 12.1 Å². The van der Waals surface area contributed by atoms with Crippen molar-refractivity contribution in [2.45, 2.75) is 18.9 Å². The minimum atomic E-state index is -0.0114. The average Bonchev–Trinajstić information content (AvgIpc) is 2.68. The number of benzene rings is 1. The molecule has 2 saturated heterocycles. The zero-order valence-corrected chi connectivity index (χ0v) is 18.8. The Morgan fingerprint density at radius 3 is 2.72 bits per heavy atom. The van der Waals surface area contributed by atoms with Crippen molar-refractivity contribution < 1.29 is 14.3 Å². The third kappa shape index (κ3) is 6.74. The van der Waals surface area contributed by atoms with Crippen LogP contribution in [0, 0.1) is 0 Å². The van der Waals surface area contributed by atoms with Crippen LogP contribution in [0.25, 0.3) is 0 Å². The van der Waals surface area contributed by atoms with Crippen molar-refractivity contribution in [2.75, 3.05) is 60.0 Å². The fourth-order valence-corrected chi connectivity index (χ4v) is 3.68. The third-order valence-corrected chi connectivity index (χ3v) is 5.16. The average molecular weight is 447 g/mol. The summed E-state index contributed by atoms with van der Waals surface area (Å²) >= 11 is 0. The van der Waals surface area contributed by atoms with Gasteiger partial charge in [-0.3, -0.25) is 9.59 Å². The number of likely N-dealkylation sites (tertiary alicyclic amines) is 1. The second-order valence-corrected chi connectivity index (χ2v) is 7.46. The number of nitrogens with zero attached hydrogens (tertiary/aromatic N) is 3. The molecule has 2 amide bonds. The molecule has 3 rings (SSSR count). The van der Waals surface area contributed by atoms with Gasteiger partial charge in [0, 0.05) is 38.8 Å². The first-order valence-corrected chi connectivity index (χ1v) is 9.72. The molecule has 7 nitrogen and oxygen atoms in total. The van der Waals surface area contributed by atoms with Crippen molar-refractivity contribution >= 4 is 36.6 Å². The summed E-state index contributed by atoms with van der Waals surface area (Å²) in [6.07, 6.45) is 1.87. The lowest BCUT2D eigenvalue weighted by atomic mass is 10.0. The van der Waals surface area contributed by atoms with E-state index >= 15 is 0 Å². The Hall–Kier alpha value is -1.54. The highest BCUT2D eigenvalue weighted by atomic mass is 35.5. The van der Waals surface area contributed by atoms with Crippen LogP contribution in [-0.4, -0.2) is 92.5 Å². The number of hydrogen-bond donors (Lipinski definition) is 1. The van der Waals surface area contributed by atoms with Crippen LogP contribution >= 0.6 is 24.8 Å². The molecule has 0 aromatic heterocycles. The van der Waals surface area contributed by atoms with Gasteiger partial charge in [0.25, 0.3) is 5.91 Å². The van der Waals surface area contributed by atoms with Gasteiger partial charge in [0.05, 0.1) is 12.1 Å². The zero-order chi connectivity index (χ0) is 19.2. The Morgan fingerprint density at radius 2 is 2.00 bits per heavy atom. The van der Waals surface area contributed by atoms with Crippen LogP contribution < -0.4 is 10.1 Å². The van der Waals surface area contributed by atoms with Crippen molar-refractivity contribution in [2.24, 2.45) is 0 Å². The molecule has 2 heterocycles. The summed E-state index contributed by atoms with van der Waals surface area (Å²) in [7, 11) is 3.98. The first kappa shape index (κ1) is 25.5. The molecule has 0 saturated carbocycles. The minimum absolute atomic E-state index is 0. The molecule has 0 bridgehead atoms. The van der Waals surface area contributed by atoms with E-state index in [0.29, 0.717) is 31.0 Å². The van der Waals surface area contributed by atoms with E-state index in [2.05, 4.69) is 5.32 Å². The summed E-state index contributed by atoms with van der Waals surface area (Å²) in [4.78, 5) is 31.2. The molecule has 0 aliphatic carbocycles. The van der Waals surface area contributed by atoms with Gasteiger partial charge >= 0.3 is 0 Å². The summed E-state index contributed by atoms with van der Waals surface area (Å²) < 4.78 is 5.86. The molecule has 2 fully saturated rings. The summed E-state index contributed by atoms with van der Waals surface area (Å²) in [6, 6.07) is 7.55. The highest BCUT2D eigenvalue weighted by Gasteiger charge is 2.32. The second kappa shape index (κ2) is 12.2. The van der Waals surface area contributed by atoms with Crippen molar-refractivity contribution in [3.63, 3.8) is 0 Å². The van der Waals surface area contributed by atoms with E-state index < -0.39 is 0 Å². The number of piperazine rings is 1. The molecule has 1 aromatic rings. The number of piperidine rings is 1. The number of carbonyl (C=O) groups is 2. The normalized spacial score (nSPS) is 19.4. The van der Waals surface area contributed by atoms with Crippen molar-refractivity contribution in [1.29, 1.82) is 0 Å². The Morgan fingerprint density at radius 1 is 1.24 bits per heavy atom. The van der Waals surface area contributed by atoms with Gasteiger partial charge in [0.1, 0.15) is 12.4 Å². The zero-order valence-electron chi connectivity index (χ0n) is 17.1. The van der Waals surface area contributed by atoms with E-state index in [9.17, 15) is 9.59 Å². The van der Waals surface area contributed by atoms with Gasteiger partial charge in [-0.05, 0) is 39.1 Å². The monoisotopic (exact) mass is 446 g/mol. The van der Waals surface area contributed by atoms with E-state index in [1.54, 1.807) is 0 Å². The SMILES string of the molecule is CN(C)CCOc1ccccc1C(=O)N1CCCC(N2CCNCC2=O)C1.Cl.Cl. The predicted octanol–water partition coefficient (Wildman–Crippen LogP) is 1.51. The van der Waals surface area contributed by atoms with E-state index in [-0.39, 0.29) is 42.7 Å². The highest BCUT2D eigenvalue weighted by molar-refractivity contribution is 5.97. The quantitative estimate of drug-likeness (QED) is 0.717. The van der Waals surface area contributed by atoms with Gasteiger partial charge in [0.15, 0.2) is 0 Å². The van der Waals surface area contributed by atoms with E-state index in [0.717, 1.165) is 39.0 Å². The summed E-state index contributed by atoms with van der Waals surface area (Å²) in [5.74, 6) is 0.750. The van der Waals surface area contributed by atoms with Gasteiger partial charge in [0.2, 0.25) is 5.91 Å². The number of rotatable bonds is 6. The number of para-hydroxylation sites is 1. The molecular formula is C20H32Cl2N4O3. The first-order valence-electron chi connectivity index (χ1n) is 9.72. The summed E-state index contributed by atoms with van der Waals surface area (Å²) in [5, 5.41) is 3.11. The molecule has 1 atom stereocenters. The molecule has 2 aliphatic heterocycles. The van der Waals surface area contributed by atoms with Crippen LogP contribution in [0.5, 0.6) is 5.75 Å². The van der Waals surface area contributed by atoms with E-state index in [1.807, 2.05) is 53.1 Å². The van der Waals surface area contributed by atoms with Crippen LogP contribution in [-0.2, 0) is 4.79 Å². The molecule has 1 aromatic carbocycles. The second-order valence-electron chi connectivity index (χ2n) is 7.46. The Kier molecular flexibility index (Phi) is 10.7. The number of amides is 2. The smallest absolute Gasteiger partial charge is 0.257 e. The number of nitrogens with one attached hydrogen (secondary N) is 1. The minimum Gasteiger partial charge on any atom is -0.491 e. The van der Waals surface area contributed by atoms with Crippen LogP contribution in [0.4, 0.5) is 0 Å². The summed E-state index contributed by atoms with van der Waals surface area (Å²) in [6.45, 7) is 4.58. The van der Waals surface area contributed by atoms with Crippen molar-refractivity contribution in [3.05, 3.63) is 29.8 Å². The third-order valence-electron chi connectivity index (χ3n) is 5.16.